The number of nitriles is 1. The fourth-order valence-corrected chi connectivity index (χ4v) is 2.23. The number of rotatable bonds is 5. The predicted molar refractivity (Wildman–Crippen MR) is 77.4 cm³/mol. The Bertz CT molecular complexity index is 602. The highest BCUT2D eigenvalue weighted by Gasteiger charge is 2.10. The summed E-state index contributed by atoms with van der Waals surface area (Å²) >= 11 is 0. The molecule has 1 atom stereocenters. The lowest BCUT2D eigenvalue weighted by molar-refractivity contribution is 0.516. The van der Waals surface area contributed by atoms with E-state index in [0.29, 0.717) is 17.7 Å². The van der Waals surface area contributed by atoms with Crippen LogP contribution >= 0.6 is 0 Å². The van der Waals surface area contributed by atoms with Gasteiger partial charge in [-0.15, -0.1) is 0 Å². The van der Waals surface area contributed by atoms with Crippen molar-refractivity contribution in [2.24, 2.45) is 0 Å². The lowest BCUT2D eigenvalue weighted by Crippen LogP contribution is -2.20. The SMILES string of the molecule is CCC(NCc1cc(F)ccc1C#N)c1ccccc1. The van der Waals surface area contributed by atoms with Gasteiger partial charge in [0.05, 0.1) is 11.6 Å². The molecule has 0 amide bonds. The van der Waals surface area contributed by atoms with Crippen LogP contribution in [0.25, 0.3) is 0 Å². The molecule has 2 aromatic rings. The van der Waals surface area contributed by atoms with Gasteiger partial charge in [0.15, 0.2) is 0 Å². The molecule has 3 heteroatoms. The van der Waals surface area contributed by atoms with Gasteiger partial charge in [0.2, 0.25) is 0 Å². The molecule has 1 unspecified atom stereocenters. The van der Waals surface area contributed by atoms with E-state index in [1.807, 2.05) is 18.2 Å². The zero-order valence-electron chi connectivity index (χ0n) is 11.4. The number of halogens is 1. The van der Waals surface area contributed by atoms with Crippen molar-refractivity contribution in [2.75, 3.05) is 0 Å². The van der Waals surface area contributed by atoms with Crippen molar-refractivity contribution in [3.8, 4) is 6.07 Å². The molecule has 0 aliphatic heterocycles. The third-order valence-corrected chi connectivity index (χ3v) is 3.34. The van der Waals surface area contributed by atoms with Crippen molar-refractivity contribution in [2.45, 2.75) is 25.9 Å². The Morgan fingerprint density at radius 2 is 1.95 bits per heavy atom. The van der Waals surface area contributed by atoms with Gasteiger partial charge in [0.25, 0.3) is 0 Å². The van der Waals surface area contributed by atoms with Gasteiger partial charge in [-0.2, -0.15) is 5.26 Å². The summed E-state index contributed by atoms with van der Waals surface area (Å²) in [5.74, 6) is -0.312. The van der Waals surface area contributed by atoms with Crippen LogP contribution in [0, 0.1) is 17.1 Å². The average molecular weight is 268 g/mol. The standard InChI is InChI=1S/C17H17FN2/c1-2-17(13-6-4-3-5-7-13)20-12-15-10-16(18)9-8-14(15)11-19/h3-10,17,20H,2,12H2,1H3. The Labute approximate surface area is 118 Å². The van der Waals surface area contributed by atoms with E-state index in [2.05, 4.69) is 30.4 Å². The molecule has 0 heterocycles. The Morgan fingerprint density at radius 1 is 1.20 bits per heavy atom. The van der Waals surface area contributed by atoms with E-state index in [9.17, 15) is 4.39 Å². The molecule has 2 aromatic carbocycles. The Balaban J connectivity index is 2.11. The first kappa shape index (κ1) is 14.2. The van der Waals surface area contributed by atoms with Crippen molar-refractivity contribution < 1.29 is 4.39 Å². The van der Waals surface area contributed by atoms with Gasteiger partial charge in [-0.05, 0) is 35.7 Å². The van der Waals surface area contributed by atoms with Crippen molar-refractivity contribution in [1.29, 1.82) is 5.26 Å². The first-order valence-corrected chi connectivity index (χ1v) is 6.71. The summed E-state index contributed by atoms with van der Waals surface area (Å²) in [5.41, 5.74) is 2.41. The minimum Gasteiger partial charge on any atom is -0.306 e. The average Bonchev–Trinajstić information content (AvgIpc) is 2.49. The second-order valence-corrected chi connectivity index (χ2v) is 4.67. The number of hydrogen-bond donors (Lipinski definition) is 1. The third kappa shape index (κ3) is 3.43. The van der Waals surface area contributed by atoms with E-state index < -0.39 is 0 Å². The summed E-state index contributed by atoms with van der Waals surface area (Å²) < 4.78 is 13.3. The molecule has 2 nitrogen and oxygen atoms in total. The number of benzene rings is 2. The Morgan fingerprint density at radius 3 is 2.60 bits per heavy atom. The van der Waals surface area contributed by atoms with Crippen LogP contribution < -0.4 is 5.32 Å². The van der Waals surface area contributed by atoms with E-state index in [4.69, 9.17) is 5.26 Å². The highest BCUT2D eigenvalue weighted by molar-refractivity contribution is 5.37. The summed E-state index contributed by atoms with van der Waals surface area (Å²) in [7, 11) is 0. The van der Waals surface area contributed by atoms with Crippen LogP contribution in [0.15, 0.2) is 48.5 Å². The predicted octanol–water partition coefficient (Wildman–Crippen LogP) is 3.94. The normalized spacial score (nSPS) is 11.8. The van der Waals surface area contributed by atoms with Gasteiger partial charge in [0, 0.05) is 12.6 Å². The molecule has 0 radical (unpaired) electrons. The van der Waals surface area contributed by atoms with Gasteiger partial charge in [-0.1, -0.05) is 37.3 Å². The quantitative estimate of drug-likeness (QED) is 0.891. The molecule has 0 saturated heterocycles. The maximum absolute atomic E-state index is 13.3. The Kier molecular flexibility index (Phi) is 4.86. The number of nitrogens with zero attached hydrogens (tertiary/aromatic N) is 1. The van der Waals surface area contributed by atoms with Gasteiger partial charge >= 0.3 is 0 Å². The van der Waals surface area contributed by atoms with E-state index in [-0.39, 0.29) is 11.9 Å². The highest BCUT2D eigenvalue weighted by atomic mass is 19.1. The maximum Gasteiger partial charge on any atom is 0.123 e. The molecular weight excluding hydrogens is 251 g/mol. The van der Waals surface area contributed by atoms with E-state index >= 15 is 0 Å². The highest BCUT2D eigenvalue weighted by Crippen LogP contribution is 2.18. The molecule has 0 spiro atoms. The molecule has 2 rings (SSSR count). The zero-order chi connectivity index (χ0) is 14.4. The fraction of sp³-hybridized carbons (Fsp3) is 0.235. The summed E-state index contributed by atoms with van der Waals surface area (Å²) in [6, 6.07) is 16.7. The lowest BCUT2D eigenvalue weighted by atomic mass is 10.0. The zero-order valence-corrected chi connectivity index (χ0v) is 11.4. The maximum atomic E-state index is 13.3. The van der Waals surface area contributed by atoms with Gasteiger partial charge < -0.3 is 5.32 Å². The molecule has 0 aliphatic rings. The topological polar surface area (TPSA) is 35.8 Å². The van der Waals surface area contributed by atoms with E-state index in [0.717, 1.165) is 6.42 Å². The minimum atomic E-state index is -0.312. The monoisotopic (exact) mass is 268 g/mol. The molecule has 0 fully saturated rings. The summed E-state index contributed by atoms with van der Waals surface area (Å²) in [4.78, 5) is 0. The smallest absolute Gasteiger partial charge is 0.123 e. The third-order valence-electron chi connectivity index (χ3n) is 3.34. The van der Waals surface area contributed by atoms with E-state index in [1.165, 1.54) is 23.8 Å². The van der Waals surface area contributed by atoms with Crippen molar-refractivity contribution in [1.82, 2.24) is 5.32 Å². The van der Waals surface area contributed by atoms with Crippen LogP contribution in [0.4, 0.5) is 4.39 Å². The molecule has 102 valence electrons. The van der Waals surface area contributed by atoms with Gasteiger partial charge in [-0.3, -0.25) is 0 Å². The van der Waals surface area contributed by atoms with Crippen LogP contribution in [0.3, 0.4) is 0 Å². The second kappa shape index (κ2) is 6.83. The van der Waals surface area contributed by atoms with Crippen LogP contribution in [0.1, 0.15) is 36.1 Å². The largest absolute Gasteiger partial charge is 0.306 e. The lowest BCUT2D eigenvalue weighted by Gasteiger charge is -2.18. The first-order valence-electron chi connectivity index (χ1n) is 6.71. The number of hydrogen-bond acceptors (Lipinski definition) is 2. The summed E-state index contributed by atoms with van der Waals surface area (Å²) in [6.07, 6.45) is 0.932. The van der Waals surface area contributed by atoms with Gasteiger partial charge in [-0.25, -0.2) is 4.39 Å². The Hall–Kier alpha value is -2.18. The van der Waals surface area contributed by atoms with Crippen molar-refractivity contribution in [3.63, 3.8) is 0 Å². The van der Waals surface area contributed by atoms with Crippen molar-refractivity contribution in [3.05, 3.63) is 71.0 Å². The van der Waals surface area contributed by atoms with Crippen LogP contribution in [-0.4, -0.2) is 0 Å². The molecule has 0 bridgehead atoms. The van der Waals surface area contributed by atoms with Gasteiger partial charge in [0.1, 0.15) is 5.82 Å². The van der Waals surface area contributed by atoms with Crippen molar-refractivity contribution >= 4 is 0 Å². The minimum absolute atomic E-state index is 0.200. The van der Waals surface area contributed by atoms with E-state index in [1.54, 1.807) is 0 Å². The van der Waals surface area contributed by atoms with Crippen LogP contribution in [0.2, 0.25) is 0 Å². The molecule has 0 saturated carbocycles. The molecule has 20 heavy (non-hydrogen) atoms. The fourth-order valence-electron chi connectivity index (χ4n) is 2.23. The second-order valence-electron chi connectivity index (χ2n) is 4.67. The molecule has 1 N–H and O–H groups in total. The molecular formula is C17H17FN2. The first-order chi connectivity index (χ1) is 9.74. The molecule has 0 aliphatic carbocycles. The summed E-state index contributed by atoms with van der Waals surface area (Å²) in [6.45, 7) is 2.58. The van der Waals surface area contributed by atoms with Crippen LogP contribution in [-0.2, 0) is 6.54 Å². The molecule has 0 aromatic heterocycles. The van der Waals surface area contributed by atoms with Crippen LogP contribution in [0.5, 0.6) is 0 Å². The number of nitrogens with one attached hydrogen (secondary N) is 1. The summed E-state index contributed by atoms with van der Waals surface area (Å²) in [5, 5.41) is 12.4.